The molecule has 0 rings (SSSR count). The molecule has 0 aliphatic carbocycles. The van der Waals surface area contributed by atoms with Crippen LogP contribution in [0.4, 0.5) is 0 Å². The Labute approximate surface area is 89.0 Å². The molecule has 0 aromatic rings. The van der Waals surface area contributed by atoms with Crippen molar-refractivity contribution in [2.45, 2.75) is 53.9 Å². The molecule has 0 heterocycles. The van der Waals surface area contributed by atoms with Gasteiger partial charge in [-0.05, 0) is 25.7 Å². The molecule has 0 unspecified atom stereocenters. The fourth-order valence-electron chi connectivity index (χ4n) is 0.966. The Morgan fingerprint density at radius 3 is 1.71 bits per heavy atom. The first kappa shape index (κ1) is 16.1. The molecular formula is C12H26O2. The number of rotatable bonds is 6. The van der Waals surface area contributed by atoms with Gasteiger partial charge in [-0.3, -0.25) is 0 Å². The monoisotopic (exact) mass is 202 g/mol. The quantitative estimate of drug-likeness (QED) is 0.617. The third-order valence-corrected chi connectivity index (χ3v) is 1.39. The maximum absolute atomic E-state index is 10.3. The van der Waals surface area contributed by atoms with Gasteiger partial charge < -0.3 is 9.53 Å². The summed E-state index contributed by atoms with van der Waals surface area (Å²) in [6.07, 6.45) is 3.00. The summed E-state index contributed by atoms with van der Waals surface area (Å²) in [5.74, 6) is 0.813. The third kappa shape index (κ3) is 22.6. The first-order chi connectivity index (χ1) is 6.54. The smallest absolute Gasteiger partial charge is 0.130 e. The number of ketones is 1. The molecule has 86 valence electrons. The molecule has 0 saturated carbocycles. The number of hydrogen-bond acceptors (Lipinski definition) is 2. The fraction of sp³-hybridized carbons (Fsp3) is 0.917. The van der Waals surface area contributed by atoms with Gasteiger partial charge in [-0.15, -0.1) is 0 Å². The zero-order valence-corrected chi connectivity index (χ0v) is 10.4. The summed E-state index contributed by atoms with van der Waals surface area (Å²) in [4.78, 5) is 10.3. The Morgan fingerprint density at radius 2 is 1.57 bits per heavy atom. The lowest BCUT2D eigenvalue weighted by Gasteiger charge is -1.95. The first-order valence-electron chi connectivity index (χ1n) is 5.61. The molecule has 0 aliphatic rings. The van der Waals surface area contributed by atoms with Gasteiger partial charge in [-0.25, -0.2) is 0 Å². The van der Waals surface area contributed by atoms with E-state index in [0.717, 1.165) is 32.5 Å². The summed E-state index contributed by atoms with van der Waals surface area (Å²) in [5.41, 5.74) is 0. The second-order valence-corrected chi connectivity index (χ2v) is 3.91. The van der Waals surface area contributed by atoms with E-state index >= 15 is 0 Å². The summed E-state index contributed by atoms with van der Waals surface area (Å²) < 4.78 is 5.13. The van der Waals surface area contributed by atoms with Crippen molar-refractivity contribution in [3.05, 3.63) is 0 Å². The maximum atomic E-state index is 10.3. The second-order valence-electron chi connectivity index (χ2n) is 3.91. The molecule has 0 bridgehead atoms. The van der Waals surface area contributed by atoms with Crippen LogP contribution < -0.4 is 0 Å². The van der Waals surface area contributed by atoms with E-state index in [2.05, 4.69) is 13.8 Å². The molecule has 0 fully saturated rings. The van der Waals surface area contributed by atoms with Crippen LogP contribution in [-0.4, -0.2) is 19.0 Å². The normalized spacial score (nSPS) is 9.57. The summed E-state index contributed by atoms with van der Waals surface area (Å²) in [7, 11) is 0. The summed E-state index contributed by atoms with van der Waals surface area (Å²) in [5, 5.41) is 0. The van der Waals surface area contributed by atoms with E-state index in [1.807, 2.05) is 13.8 Å². The van der Waals surface area contributed by atoms with Gasteiger partial charge in [-0.2, -0.15) is 0 Å². The van der Waals surface area contributed by atoms with Crippen LogP contribution in [0, 0.1) is 5.92 Å². The topological polar surface area (TPSA) is 26.3 Å². The van der Waals surface area contributed by atoms with Crippen molar-refractivity contribution in [1.82, 2.24) is 0 Å². The van der Waals surface area contributed by atoms with Crippen molar-refractivity contribution in [3.63, 3.8) is 0 Å². The third-order valence-electron chi connectivity index (χ3n) is 1.39. The van der Waals surface area contributed by atoms with Crippen molar-refractivity contribution in [2.24, 2.45) is 5.92 Å². The number of carbonyl (C=O) groups is 1. The second kappa shape index (κ2) is 12.6. The minimum atomic E-state index is 0.287. The molecule has 0 saturated heterocycles. The predicted octanol–water partition coefficient (Wildman–Crippen LogP) is 3.44. The highest BCUT2D eigenvalue weighted by atomic mass is 16.5. The minimum Gasteiger partial charge on any atom is -0.381 e. The van der Waals surface area contributed by atoms with Crippen molar-refractivity contribution in [3.8, 4) is 0 Å². The van der Waals surface area contributed by atoms with Crippen molar-refractivity contribution >= 4 is 5.78 Å². The molecule has 0 aliphatic heterocycles. The molecular weight excluding hydrogens is 176 g/mol. The van der Waals surface area contributed by atoms with Crippen LogP contribution in [0.3, 0.4) is 0 Å². The minimum absolute atomic E-state index is 0.287. The highest BCUT2D eigenvalue weighted by molar-refractivity contribution is 5.75. The van der Waals surface area contributed by atoms with E-state index in [4.69, 9.17) is 4.74 Å². The highest BCUT2D eigenvalue weighted by Gasteiger charge is 1.95. The van der Waals surface area contributed by atoms with Gasteiger partial charge in [0.05, 0.1) is 0 Å². The molecule has 0 spiro atoms. The molecule has 14 heavy (non-hydrogen) atoms. The van der Waals surface area contributed by atoms with Crippen LogP contribution in [0.15, 0.2) is 0 Å². The Kier molecular flexibility index (Phi) is 14.5. The van der Waals surface area contributed by atoms with Crippen LogP contribution in [0.1, 0.15) is 53.9 Å². The molecule has 0 amide bonds. The van der Waals surface area contributed by atoms with E-state index in [9.17, 15) is 4.79 Å². The first-order valence-corrected chi connectivity index (χ1v) is 5.61. The van der Waals surface area contributed by atoms with E-state index in [1.165, 1.54) is 0 Å². The van der Waals surface area contributed by atoms with Crippen molar-refractivity contribution in [2.75, 3.05) is 13.2 Å². The molecule has 2 heteroatoms. The molecule has 0 radical (unpaired) electrons. The van der Waals surface area contributed by atoms with Gasteiger partial charge in [0.15, 0.2) is 0 Å². The SMILES string of the molecule is CC(=O)CC(C)C.CCCOCCC. The lowest BCUT2D eigenvalue weighted by Crippen LogP contribution is -1.95. The fourth-order valence-corrected chi connectivity index (χ4v) is 0.966. The average molecular weight is 202 g/mol. The molecule has 2 nitrogen and oxygen atoms in total. The molecule has 0 aromatic heterocycles. The molecule has 0 atom stereocenters. The summed E-state index contributed by atoms with van der Waals surface area (Å²) in [6, 6.07) is 0. The van der Waals surface area contributed by atoms with E-state index < -0.39 is 0 Å². The largest absolute Gasteiger partial charge is 0.381 e. The standard InChI is InChI=1S/C6H12O.C6H14O/c1-5(2)4-6(3)7;1-3-5-7-6-4-2/h5H,4H2,1-3H3;3-6H2,1-2H3. The van der Waals surface area contributed by atoms with Gasteiger partial charge >= 0.3 is 0 Å². The maximum Gasteiger partial charge on any atom is 0.130 e. The Morgan fingerprint density at radius 1 is 1.14 bits per heavy atom. The van der Waals surface area contributed by atoms with Gasteiger partial charge in [0.25, 0.3) is 0 Å². The number of Topliss-reactive ketones (excluding diaryl/α,β-unsaturated/α-hetero) is 1. The van der Waals surface area contributed by atoms with Gasteiger partial charge in [0, 0.05) is 19.6 Å². The van der Waals surface area contributed by atoms with Crippen LogP contribution in [0.25, 0.3) is 0 Å². The van der Waals surface area contributed by atoms with Crippen LogP contribution in [0.2, 0.25) is 0 Å². The summed E-state index contributed by atoms with van der Waals surface area (Å²) >= 11 is 0. The lowest BCUT2D eigenvalue weighted by molar-refractivity contribution is -0.117. The number of ether oxygens (including phenoxy) is 1. The average Bonchev–Trinajstić information content (AvgIpc) is 2.04. The van der Waals surface area contributed by atoms with Crippen LogP contribution in [0.5, 0.6) is 0 Å². The van der Waals surface area contributed by atoms with Crippen LogP contribution in [-0.2, 0) is 9.53 Å². The molecule has 0 aromatic carbocycles. The Bertz CT molecular complexity index is 115. The highest BCUT2D eigenvalue weighted by Crippen LogP contribution is 1.97. The molecule has 0 N–H and O–H groups in total. The Hall–Kier alpha value is -0.370. The van der Waals surface area contributed by atoms with Crippen LogP contribution >= 0.6 is 0 Å². The van der Waals surface area contributed by atoms with Gasteiger partial charge in [-0.1, -0.05) is 27.7 Å². The van der Waals surface area contributed by atoms with E-state index in [1.54, 1.807) is 6.92 Å². The zero-order chi connectivity index (χ0) is 11.4. The number of hydrogen-bond donors (Lipinski definition) is 0. The summed E-state index contributed by atoms with van der Waals surface area (Å²) in [6.45, 7) is 11.8. The zero-order valence-electron chi connectivity index (χ0n) is 10.4. The van der Waals surface area contributed by atoms with Crippen molar-refractivity contribution < 1.29 is 9.53 Å². The number of carbonyl (C=O) groups excluding carboxylic acids is 1. The van der Waals surface area contributed by atoms with Gasteiger partial charge in [0.2, 0.25) is 0 Å². The lowest BCUT2D eigenvalue weighted by atomic mass is 10.1. The van der Waals surface area contributed by atoms with E-state index in [-0.39, 0.29) is 5.78 Å². The predicted molar refractivity (Wildman–Crippen MR) is 61.5 cm³/mol. The van der Waals surface area contributed by atoms with E-state index in [0.29, 0.717) is 5.92 Å². The Balaban J connectivity index is 0. The van der Waals surface area contributed by atoms with Gasteiger partial charge in [0.1, 0.15) is 5.78 Å². The van der Waals surface area contributed by atoms with Crippen molar-refractivity contribution in [1.29, 1.82) is 0 Å².